The first kappa shape index (κ1) is 17.4. The van der Waals surface area contributed by atoms with Crippen molar-refractivity contribution in [2.75, 3.05) is 33.4 Å². The third kappa shape index (κ3) is 6.07. The van der Waals surface area contributed by atoms with Crippen molar-refractivity contribution >= 4 is 5.78 Å². The van der Waals surface area contributed by atoms with E-state index in [0.717, 1.165) is 5.56 Å². The number of Topliss-reactive ketones (excluding diaryl/α,β-unsaturated/α-hetero) is 1. The van der Waals surface area contributed by atoms with Crippen LogP contribution in [-0.4, -0.2) is 44.0 Å². The minimum atomic E-state index is 0.0827. The number of benzene rings is 1. The van der Waals surface area contributed by atoms with Gasteiger partial charge in [0.15, 0.2) is 5.78 Å². The molecule has 4 nitrogen and oxygen atoms in total. The SMILES string of the molecule is COCCN(CCC#N)CC(=O)c1ccc(C(C)C)cc1. The standard InChI is InChI=1S/C17H24N2O2/c1-14(2)15-5-7-16(8-6-15)17(20)13-19(10-4-9-18)11-12-21-3/h5-8,14H,4,10-13H2,1-3H3. The number of methoxy groups -OCH3 is 1. The fourth-order valence-electron chi connectivity index (χ4n) is 2.05. The number of nitrogens with zero attached hydrogens (tertiary/aromatic N) is 2. The average molecular weight is 288 g/mol. The van der Waals surface area contributed by atoms with Crippen molar-refractivity contribution < 1.29 is 9.53 Å². The highest BCUT2D eigenvalue weighted by molar-refractivity contribution is 5.97. The Morgan fingerprint density at radius 3 is 2.48 bits per heavy atom. The maximum Gasteiger partial charge on any atom is 0.176 e. The summed E-state index contributed by atoms with van der Waals surface area (Å²) in [5.74, 6) is 0.544. The van der Waals surface area contributed by atoms with E-state index in [4.69, 9.17) is 10.00 Å². The molecule has 0 saturated carbocycles. The fraction of sp³-hybridized carbons (Fsp3) is 0.529. The molecule has 0 fully saturated rings. The van der Waals surface area contributed by atoms with Crippen LogP contribution in [-0.2, 0) is 4.74 Å². The molecule has 114 valence electrons. The van der Waals surface area contributed by atoms with Gasteiger partial charge in [-0.05, 0) is 11.5 Å². The Balaban J connectivity index is 2.65. The lowest BCUT2D eigenvalue weighted by Crippen LogP contribution is -2.33. The second-order valence-electron chi connectivity index (χ2n) is 5.38. The average Bonchev–Trinajstić information content (AvgIpc) is 2.49. The molecule has 0 heterocycles. The number of hydrogen-bond donors (Lipinski definition) is 0. The summed E-state index contributed by atoms with van der Waals surface area (Å²) < 4.78 is 5.05. The number of nitriles is 1. The van der Waals surface area contributed by atoms with Crippen LogP contribution >= 0.6 is 0 Å². The fourth-order valence-corrected chi connectivity index (χ4v) is 2.05. The van der Waals surface area contributed by atoms with Crippen molar-refractivity contribution in [1.29, 1.82) is 5.26 Å². The first-order chi connectivity index (χ1) is 10.1. The van der Waals surface area contributed by atoms with E-state index in [0.29, 0.717) is 38.6 Å². The van der Waals surface area contributed by atoms with Crippen molar-refractivity contribution in [2.45, 2.75) is 26.2 Å². The summed E-state index contributed by atoms with van der Waals surface area (Å²) in [6.07, 6.45) is 0.420. The van der Waals surface area contributed by atoms with Gasteiger partial charge in [-0.15, -0.1) is 0 Å². The van der Waals surface area contributed by atoms with Crippen LogP contribution in [0.15, 0.2) is 24.3 Å². The number of carbonyl (C=O) groups is 1. The Hall–Kier alpha value is -1.70. The summed E-state index contributed by atoms with van der Waals surface area (Å²) in [7, 11) is 1.63. The molecule has 0 aliphatic carbocycles. The number of hydrogen-bond acceptors (Lipinski definition) is 4. The van der Waals surface area contributed by atoms with E-state index in [1.165, 1.54) is 5.56 Å². The Kier molecular flexibility index (Phi) is 7.66. The lowest BCUT2D eigenvalue weighted by molar-refractivity contribution is 0.0898. The predicted molar refractivity (Wildman–Crippen MR) is 83.4 cm³/mol. The molecule has 21 heavy (non-hydrogen) atoms. The number of carbonyl (C=O) groups excluding carboxylic acids is 1. The molecule has 0 aliphatic heterocycles. The second kappa shape index (κ2) is 9.28. The lowest BCUT2D eigenvalue weighted by Gasteiger charge is -2.19. The Morgan fingerprint density at radius 2 is 1.95 bits per heavy atom. The van der Waals surface area contributed by atoms with E-state index in [1.54, 1.807) is 7.11 Å². The second-order valence-corrected chi connectivity index (χ2v) is 5.38. The van der Waals surface area contributed by atoms with Gasteiger partial charge in [0.25, 0.3) is 0 Å². The van der Waals surface area contributed by atoms with Crippen LogP contribution in [0.5, 0.6) is 0 Å². The monoisotopic (exact) mass is 288 g/mol. The van der Waals surface area contributed by atoms with Crippen LogP contribution in [0.3, 0.4) is 0 Å². The summed E-state index contributed by atoms with van der Waals surface area (Å²) in [5, 5.41) is 8.68. The molecule has 0 aliphatic rings. The smallest absolute Gasteiger partial charge is 0.176 e. The van der Waals surface area contributed by atoms with E-state index in [-0.39, 0.29) is 5.78 Å². The van der Waals surface area contributed by atoms with Gasteiger partial charge in [0.2, 0.25) is 0 Å². The number of ether oxygens (including phenoxy) is 1. The Morgan fingerprint density at radius 1 is 1.29 bits per heavy atom. The Bertz CT molecular complexity index is 475. The maximum atomic E-state index is 12.3. The molecular weight excluding hydrogens is 264 g/mol. The van der Waals surface area contributed by atoms with Crippen LogP contribution in [0.1, 0.15) is 42.1 Å². The lowest BCUT2D eigenvalue weighted by atomic mass is 10.0. The van der Waals surface area contributed by atoms with Gasteiger partial charge >= 0.3 is 0 Å². The third-order valence-corrected chi connectivity index (χ3v) is 3.42. The van der Waals surface area contributed by atoms with E-state index in [2.05, 4.69) is 19.9 Å². The molecule has 0 unspecified atom stereocenters. The predicted octanol–water partition coefficient (Wildman–Crippen LogP) is 2.85. The van der Waals surface area contributed by atoms with Gasteiger partial charge in [-0.2, -0.15) is 5.26 Å². The molecule has 1 rings (SSSR count). The topological polar surface area (TPSA) is 53.3 Å². The van der Waals surface area contributed by atoms with E-state index in [1.807, 2.05) is 29.2 Å². The molecule has 0 amide bonds. The van der Waals surface area contributed by atoms with Crippen molar-refractivity contribution in [3.8, 4) is 6.07 Å². The summed E-state index contributed by atoms with van der Waals surface area (Å²) in [6, 6.07) is 9.90. The van der Waals surface area contributed by atoms with Crippen molar-refractivity contribution in [2.24, 2.45) is 0 Å². The molecule has 4 heteroatoms. The normalized spacial score (nSPS) is 10.9. The summed E-state index contributed by atoms with van der Waals surface area (Å²) in [5.41, 5.74) is 1.95. The van der Waals surface area contributed by atoms with Crippen LogP contribution < -0.4 is 0 Å². The summed E-state index contributed by atoms with van der Waals surface area (Å²) >= 11 is 0. The highest BCUT2D eigenvalue weighted by Gasteiger charge is 2.12. The minimum absolute atomic E-state index is 0.0827. The summed E-state index contributed by atoms with van der Waals surface area (Å²) in [4.78, 5) is 14.3. The Labute approximate surface area is 127 Å². The van der Waals surface area contributed by atoms with Gasteiger partial charge in [0.05, 0.1) is 19.2 Å². The van der Waals surface area contributed by atoms with Gasteiger partial charge in [0, 0.05) is 32.2 Å². The molecule has 0 aromatic heterocycles. The van der Waals surface area contributed by atoms with Crippen LogP contribution in [0.25, 0.3) is 0 Å². The highest BCUT2D eigenvalue weighted by Crippen LogP contribution is 2.15. The molecule has 0 bridgehead atoms. The minimum Gasteiger partial charge on any atom is -0.383 e. The zero-order valence-corrected chi connectivity index (χ0v) is 13.1. The molecule has 1 aromatic rings. The van der Waals surface area contributed by atoms with Crippen LogP contribution in [0, 0.1) is 11.3 Å². The largest absolute Gasteiger partial charge is 0.383 e. The molecule has 0 N–H and O–H groups in total. The van der Waals surface area contributed by atoms with Crippen molar-refractivity contribution in [3.05, 3.63) is 35.4 Å². The first-order valence-electron chi connectivity index (χ1n) is 7.30. The zero-order valence-electron chi connectivity index (χ0n) is 13.1. The molecule has 0 saturated heterocycles. The van der Waals surface area contributed by atoms with Crippen molar-refractivity contribution in [1.82, 2.24) is 4.90 Å². The molecular formula is C17H24N2O2. The first-order valence-corrected chi connectivity index (χ1v) is 7.30. The quantitative estimate of drug-likeness (QED) is 0.656. The summed E-state index contributed by atoms with van der Waals surface area (Å²) in [6.45, 7) is 6.40. The maximum absolute atomic E-state index is 12.3. The van der Waals surface area contributed by atoms with E-state index >= 15 is 0 Å². The van der Waals surface area contributed by atoms with E-state index in [9.17, 15) is 4.79 Å². The molecule has 0 spiro atoms. The van der Waals surface area contributed by atoms with Gasteiger partial charge in [-0.3, -0.25) is 9.69 Å². The highest BCUT2D eigenvalue weighted by atomic mass is 16.5. The third-order valence-electron chi connectivity index (χ3n) is 3.42. The molecule has 0 radical (unpaired) electrons. The van der Waals surface area contributed by atoms with Crippen molar-refractivity contribution in [3.63, 3.8) is 0 Å². The van der Waals surface area contributed by atoms with E-state index < -0.39 is 0 Å². The van der Waals surface area contributed by atoms with Gasteiger partial charge in [0.1, 0.15) is 0 Å². The van der Waals surface area contributed by atoms with Gasteiger partial charge in [-0.25, -0.2) is 0 Å². The molecule has 0 atom stereocenters. The number of rotatable bonds is 9. The number of ketones is 1. The van der Waals surface area contributed by atoms with Gasteiger partial charge in [-0.1, -0.05) is 38.1 Å². The van der Waals surface area contributed by atoms with Gasteiger partial charge < -0.3 is 4.74 Å². The molecule has 1 aromatic carbocycles. The zero-order chi connectivity index (χ0) is 15.7. The van der Waals surface area contributed by atoms with Crippen LogP contribution in [0.4, 0.5) is 0 Å². The van der Waals surface area contributed by atoms with Crippen LogP contribution in [0.2, 0.25) is 0 Å².